The highest BCUT2D eigenvalue weighted by Gasteiger charge is 2.23. The lowest BCUT2D eigenvalue weighted by molar-refractivity contribution is -0.124. The van der Waals surface area contributed by atoms with Crippen LogP contribution in [-0.4, -0.2) is 24.0 Å². The van der Waals surface area contributed by atoms with Crippen LogP contribution in [0.15, 0.2) is 30.5 Å². The number of carbonyl (C=O) groups excluding carboxylic acids is 1. The topological polar surface area (TPSA) is 54.0 Å². The van der Waals surface area contributed by atoms with Gasteiger partial charge in [0.1, 0.15) is 6.04 Å². The zero-order valence-corrected chi connectivity index (χ0v) is 10.2. The van der Waals surface area contributed by atoms with Crippen LogP contribution in [0.1, 0.15) is 17.2 Å². The molecule has 0 radical (unpaired) electrons. The highest BCUT2D eigenvalue weighted by molar-refractivity contribution is 5.87. The summed E-state index contributed by atoms with van der Waals surface area (Å²) in [4.78, 5) is 16.3. The molecule has 0 spiro atoms. The average molecular weight is 241 g/mol. The Balaban J connectivity index is 2.05. The van der Waals surface area contributed by atoms with Crippen molar-refractivity contribution in [2.24, 2.45) is 0 Å². The zero-order chi connectivity index (χ0) is 12.5. The number of nitrogens with zero attached hydrogens (tertiary/aromatic N) is 1. The van der Waals surface area contributed by atoms with Gasteiger partial charge in [0.2, 0.25) is 5.91 Å². The maximum absolute atomic E-state index is 11.8. The molecular formula is C14H15N3O. The van der Waals surface area contributed by atoms with E-state index in [2.05, 4.69) is 15.6 Å². The van der Waals surface area contributed by atoms with E-state index in [0.717, 1.165) is 28.6 Å². The summed E-state index contributed by atoms with van der Waals surface area (Å²) in [7, 11) is 0. The van der Waals surface area contributed by atoms with Gasteiger partial charge in [0.25, 0.3) is 0 Å². The summed E-state index contributed by atoms with van der Waals surface area (Å²) in [6.45, 7) is 3.53. The fraction of sp³-hybridized carbons (Fsp3) is 0.286. The number of piperazine rings is 1. The molecule has 1 atom stereocenters. The molecule has 4 heteroatoms. The number of nitrogens with one attached hydrogen (secondary N) is 2. The molecule has 4 nitrogen and oxygen atoms in total. The first-order valence-electron chi connectivity index (χ1n) is 6.12. The van der Waals surface area contributed by atoms with Crippen molar-refractivity contribution in [1.82, 2.24) is 15.6 Å². The van der Waals surface area contributed by atoms with E-state index >= 15 is 0 Å². The number of fused-ring (bicyclic) bond motifs is 1. The van der Waals surface area contributed by atoms with E-state index in [4.69, 9.17) is 0 Å². The molecule has 0 saturated carbocycles. The molecule has 1 aliphatic rings. The molecule has 0 aliphatic carbocycles. The van der Waals surface area contributed by atoms with Gasteiger partial charge in [0.05, 0.1) is 5.52 Å². The second-order valence-corrected chi connectivity index (χ2v) is 4.59. The highest BCUT2D eigenvalue weighted by atomic mass is 16.2. The standard InChI is InChI=1S/C14H15N3O/c1-9-3-2-4-10-7-11(8-17-12(9)10)13-14(18)16-6-5-15-13/h2-4,7-8,13,15H,5-6H2,1H3,(H,16,18). The molecule has 1 aromatic heterocycles. The van der Waals surface area contributed by atoms with Gasteiger partial charge in [0, 0.05) is 24.7 Å². The van der Waals surface area contributed by atoms with Gasteiger partial charge in [-0.25, -0.2) is 0 Å². The second-order valence-electron chi connectivity index (χ2n) is 4.59. The Hall–Kier alpha value is -1.94. The molecule has 2 aromatic rings. The third-order valence-electron chi connectivity index (χ3n) is 3.30. The number of para-hydroxylation sites is 1. The minimum absolute atomic E-state index is 0.0232. The lowest BCUT2D eigenvalue weighted by atomic mass is 10.0. The van der Waals surface area contributed by atoms with Crippen molar-refractivity contribution in [3.05, 3.63) is 41.6 Å². The van der Waals surface area contributed by atoms with E-state index in [1.54, 1.807) is 6.20 Å². The molecule has 1 aliphatic heterocycles. The molecule has 1 unspecified atom stereocenters. The van der Waals surface area contributed by atoms with Crippen LogP contribution in [0.4, 0.5) is 0 Å². The Kier molecular flexibility index (Phi) is 2.72. The van der Waals surface area contributed by atoms with E-state index in [1.807, 2.05) is 31.2 Å². The maximum Gasteiger partial charge on any atom is 0.241 e. The third-order valence-corrected chi connectivity index (χ3v) is 3.30. The van der Waals surface area contributed by atoms with Gasteiger partial charge >= 0.3 is 0 Å². The number of hydrogen-bond acceptors (Lipinski definition) is 3. The predicted molar refractivity (Wildman–Crippen MR) is 70.2 cm³/mol. The normalized spacial score (nSPS) is 19.8. The minimum Gasteiger partial charge on any atom is -0.353 e. The number of aryl methyl sites for hydroxylation is 1. The number of benzene rings is 1. The molecule has 92 valence electrons. The summed E-state index contributed by atoms with van der Waals surface area (Å²) in [5.74, 6) is 0.0232. The smallest absolute Gasteiger partial charge is 0.241 e. The minimum atomic E-state index is -0.281. The summed E-state index contributed by atoms with van der Waals surface area (Å²) in [5.41, 5.74) is 3.07. The van der Waals surface area contributed by atoms with Gasteiger partial charge in [-0.05, 0) is 24.1 Å². The maximum atomic E-state index is 11.8. The zero-order valence-electron chi connectivity index (χ0n) is 10.2. The largest absolute Gasteiger partial charge is 0.353 e. The van der Waals surface area contributed by atoms with Gasteiger partial charge in [-0.15, -0.1) is 0 Å². The molecule has 2 N–H and O–H groups in total. The monoisotopic (exact) mass is 241 g/mol. The van der Waals surface area contributed by atoms with E-state index in [9.17, 15) is 4.79 Å². The molecule has 18 heavy (non-hydrogen) atoms. The molecule has 1 aromatic carbocycles. The highest BCUT2D eigenvalue weighted by Crippen LogP contribution is 2.21. The fourth-order valence-corrected chi connectivity index (χ4v) is 2.35. The van der Waals surface area contributed by atoms with Crippen LogP contribution in [0.3, 0.4) is 0 Å². The number of rotatable bonds is 1. The van der Waals surface area contributed by atoms with Crippen LogP contribution in [0.25, 0.3) is 10.9 Å². The number of carbonyl (C=O) groups is 1. The molecule has 3 rings (SSSR count). The molecule has 0 bridgehead atoms. The quantitative estimate of drug-likeness (QED) is 0.791. The van der Waals surface area contributed by atoms with E-state index < -0.39 is 0 Å². The fourth-order valence-electron chi connectivity index (χ4n) is 2.35. The Bertz CT molecular complexity index is 609. The van der Waals surface area contributed by atoms with Crippen LogP contribution < -0.4 is 10.6 Å². The van der Waals surface area contributed by atoms with Crippen LogP contribution in [0, 0.1) is 6.92 Å². The van der Waals surface area contributed by atoms with Crippen molar-refractivity contribution in [1.29, 1.82) is 0 Å². The van der Waals surface area contributed by atoms with Crippen LogP contribution in [0.2, 0.25) is 0 Å². The lowest BCUT2D eigenvalue weighted by Gasteiger charge is -2.23. The predicted octanol–water partition coefficient (Wildman–Crippen LogP) is 1.30. The van der Waals surface area contributed by atoms with Gasteiger partial charge in [-0.1, -0.05) is 18.2 Å². The molecule has 2 heterocycles. The first kappa shape index (κ1) is 11.2. The van der Waals surface area contributed by atoms with Crippen molar-refractivity contribution in [2.75, 3.05) is 13.1 Å². The summed E-state index contributed by atoms with van der Waals surface area (Å²) < 4.78 is 0. The van der Waals surface area contributed by atoms with Crippen LogP contribution in [0.5, 0.6) is 0 Å². The van der Waals surface area contributed by atoms with Gasteiger partial charge in [0.15, 0.2) is 0 Å². The lowest BCUT2D eigenvalue weighted by Crippen LogP contribution is -2.47. The van der Waals surface area contributed by atoms with E-state index in [1.165, 1.54) is 0 Å². The summed E-state index contributed by atoms with van der Waals surface area (Å²) in [6.07, 6.45) is 1.79. The molecule has 1 amide bonds. The summed E-state index contributed by atoms with van der Waals surface area (Å²) in [5, 5.41) is 7.15. The van der Waals surface area contributed by atoms with E-state index in [-0.39, 0.29) is 11.9 Å². The number of hydrogen-bond donors (Lipinski definition) is 2. The first-order valence-corrected chi connectivity index (χ1v) is 6.12. The van der Waals surface area contributed by atoms with Gasteiger partial charge in [-0.3, -0.25) is 9.78 Å². The van der Waals surface area contributed by atoms with Crippen molar-refractivity contribution in [3.8, 4) is 0 Å². The second kappa shape index (κ2) is 4.38. The number of aromatic nitrogens is 1. The van der Waals surface area contributed by atoms with Crippen LogP contribution in [-0.2, 0) is 4.79 Å². The Labute approximate surface area is 105 Å². The van der Waals surface area contributed by atoms with Crippen LogP contribution >= 0.6 is 0 Å². The first-order chi connectivity index (χ1) is 8.75. The molecular weight excluding hydrogens is 226 g/mol. The Morgan fingerprint density at radius 2 is 2.22 bits per heavy atom. The van der Waals surface area contributed by atoms with Crippen molar-refractivity contribution >= 4 is 16.8 Å². The van der Waals surface area contributed by atoms with Crippen molar-refractivity contribution < 1.29 is 4.79 Å². The van der Waals surface area contributed by atoms with Crippen molar-refractivity contribution in [3.63, 3.8) is 0 Å². The number of amides is 1. The Morgan fingerprint density at radius 3 is 3.06 bits per heavy atom. The van der Waals surface area contributed by atoms with E-state index in [0.29, 0.717) is 6.54 Å². The summed E-state index contributed by atoms with van der Waals surface area (Å²) in [6, 6.07) is 7.84. The molecule has 1 fully saturated rings. The van der Waals surface area contributed by atoms with Crippen molar-refractivity contribution in [2.45, 2.75) is 13.0 Å². The van der Waals surface area contributed by atoms with Gasteiger partial charge in [-0.2, -0.15) is 0 Å². The SMILES string of the molecule is Cc1cccc2cc(C3NCCNC3=O)cnc12. The average Bonchev–Trinajstić information content (AvgIpc) is 2.39. The van der Waals surface area contributed by atoms with Gasteiger partial charge < -0.3 is 10.6 Å². The Morgan fingerprint density at radius 1 is 1.33 bits per heavy atom. The summed E-state index contributed by atoms with van der Waals surface area (Å²) >= 11 is 0. The third kappa shape index (κ3) is 1.84. The number of pyridine rings is 1. The molecule has 1 saturated heterocycles.